The van der Waals surface area contributed by atoms with Crippen molar-refractivity contribution in [2.45, 2.75) is 6.42 Å². The van der Waals surface area contributed by atoms with Crippen LogP contribution >= 0.6 is 0 Å². The molecule has 2 aromatic rings. The molecule has 5 nitrogen and oxygen atoms in total. The Bertz CT molecular complexity index is 575. The van der Waals surface area contributed by atoms with E-state index in [0.29, 0.717) is 0 Å². The van der Waals surface area contributed by atoms with Gasteiger partial charge in [-0.25, -0.2) is 4.79 Å². The van der Waals surface area contributed by atoms with Gasteiger partial charge in [0, 0.05) is 31.2 Å². The Morgan fingerprint density at radius 1 is 1.41 bits per heavy atom. The molecule has 0 radical (unpaired) electrons. The van der Waals surface area contributed by atoms with E-state index in [1.165, 1.54) is 0 Å². The number of carbonyl (C=O) groups is 1. The number of nitrogens with one attached hydrogen (secondary N) is 1. The molecule has 17 heavy (non-hydrogen) atoms. The van der Waals surface area contributed by atoms with Gasteiger partial charge in [-0.2, -0.15) is 5.10 Å². The van der Waals surface area contributed by atoms with Crippen LogP contribution in [0.5, 0.6) is 0 Å². The molecule has 3 rings (SSSR count). The molecule has 1 aliphatic heterocycles. The number of carbonyl (C=O) groups excluding carboxylic acids is 1. The third kappa shape index (κ3) is 1.63. The molecule has 1 N–H and O–H groups in total. The van der Waals surface area contributed by atoms with Crippen LogP contribution in [0.3, 0.4) is 0 Å². The highest BCUT2D eigenvalue weighted by molar-refractivity contribution is 5.95. The van der Waals surface area contributed by atoms with E-state index < -0.39 is 0 Å². The van der Waals surface area contributed by atoms with Gasteiger partial charge in [-0.15, -0.1) is 0 Å². The zero-order chi connectivity index (χ0) is 11.8. The van der Waals surface area contributed by atoms with Crippen LogP contribution in [0.2, 0.25) is 0 Å². The average Bonchev–Trinajstić information content (AvgIpc) is 2.71. The normalized spacial score (nSPS) is 16.3. The maximum Gasteiger partial charge on any atom is 0.321 e. The van der Waals surface area contributed by atoms with Crippen molar-refractivity contribution < 1.29 is 4.79 Å². The maximum atomic E-state index is 11.7. The van der Waals surface area contributed by atoms with Gasteiger partial charge >= 0.3 is 6.03 Å². The van der Waals surface area contributed by atoms with Gasteiger partial charge in [0.1, 0.15) is 0 Å². The lowest BCUT2D eigenvalue weighted by atomic mass is 10.2. The van der Waals surface area contributed by atoms with E-state index in [2.05, 4.69) is 10.4 Å². The molecule has 0 unspecified atom stereocenters. The molecule has 1 aromatic carbocycles. The summed E-state index contributed by atoms with van der Waals surface area (Å²) in [5.41, 5.74) is 2.01. The fourth-order valence-corrected chi connectivity index (χ4v) is 2.19. The predicted octanol–water partition coefficient (Wildman–Crippen LogP) is 1.49. The minimum atomic E-state index is -0.0144. The second-order valence-corrected chi connectivity index (χ2v) is 4.25. The SMILES string of the molecule is Cn1ncc2cc(N3CCCNC3=O)ccc21. The second-order valence-electron chi connectivity index (χ2n) is 4.25. The highest BCUT2D eigenvalue weighted by atomic mass is 16.2. The van der Waals surface area contributed by atoms with Crippen LogP contribution in [0, 0.1) is 0 Å². The molecule has 0 atom stereocenters. The average molecular weight is 230 g/mol. The molecule has 2 heterocycles. The first-order valence-corrected chi connectivity index (χ1v) is 5.73. The minimum Gasteiger partial charge on any atom is -0.338 e. The van der Waals surface area contributed by atoms with Crippen LogP contribution in [0.1, 0.15) is 6.42 Å². The van der Waals surface area contributed by atoms with Gasteiger partial charge in [-0.1, -0.05) is 0 Å². The van der Waals surface area contributed by atoms with E-state index in [0.717, 1.165) is 36.1 Å². The third-order valence-electron chi connectivity index (χ3n) is 3.12. The molecule has 1 aromatic heterocycles. The highest BCUT2D eigenvalue weighted by Gasteiger charge is 2.19. The lowest BCUT2D eigenvalue weighted by Crippen LogP contribution is -2.46. The topological polar surface area (TPSA) is 50.2 Å². The van der Waals surface area contributed by atoms with E-state index in [-0.39, 0.29) is 6.03 Å². The van der Waals surface area contributed by atoms with Crippen LogP contribution in [0.4, 0.5) is 10.5 Å². The summed E-state index contributed by atoms with van der Waals surface area (Å²) in [5, 5.41) is 8.11. The number of amides is 2. The van der Waals surface area contributed by atoms with Gasteiger partial charge in [0.2, 0.25) is 0 Å². The van der Waals surface area contributed by atoms with Crippen LogP contribution in [0.25, 0.3) is 10.9 Å². The molecule has 1 saturated heterocycles. The third-order valence-corrected chi connectivity index (χ3v) is 3.12. The monoisotopic (exact) mass is 230 g/mol. The summed E-state index contributed by atoms with van der Waals surface area (Å²) >= 11 is 0. The number of aryl methyl sites for hydroxylation is 1. The zero-order valence-electron chi connectivity index (χ0n) is 9.68. The number of anilines is 1. The Labute approximate surface area is 99.0 Å². The number of urea groups is 1. The molecule has 2 amide bonds. The van der Waals surface area contributed by atoms with Gasteiger partial charge in [0.15, 0.2) is 0 Å². The summed E-state index contributed by atoms with van der Waals surface area (Å²) in [7, 11) is 1.91. The first kappa shape index (κ1) is 10.1. The second kappa shape index (κ2) is 3.76. The molecule has 1 aliphatic rings. The predicted molar refractivity (Wildman–Crippen MR) is 66.1 cm³/mol. The van der Waals surface area contributed by atoms with Crippen molar-refractivity contribution in [1.82, 2.24) is 15.1 Å². The van der Waals surface area contributed by atoms with Crippen molar-refractivity contribution in [2.24, 2.45) is 7.05 Å². The van der Waals surface area contributed by atoms with Gasteiger partial charge in [-0.3, -0.25) is 9.58 Å². The molecular weight excluding hydrogens is 216 g/mol. The summed E-state index contributed by atoms with van der Waals surface area (Å²) < 4.78 is 1.83. The number of aromatic nitrogens is 2. The van der Waals surface area contributed by atoms with Crippen molar-refractivity contribution >= 4 is 22.6 Å². The Morgan fingerprint density at radius 3 is 3.12 bits per heavy atom. The van der Waals surface area contributed by atoms with Crippen molar-refractivity contribution in [1.29, 1.82) is 0 Å². The quantitative estimate of drug-likeness (QED) is 0.807. The van der Waals surface area contributed by atoms with E-state index in [1.54, 1.807) is 4.90 Å². The number of hydrogen-bond acceptors (Lipinski definition) is 2. The zero-order valence-corrected chi connectivity index (χ0v) is 9.68. The Hall–Kier alpha value is -2.04. The lowest BCUT2D eigenvalue weighted by Gasteiger charge is -2.27. The van der Waals surface area contributed by atoms with Gasteiger partial charge in [-0.05, 0) is 24.6 Å². The van der Waals surface area contributed by atoms with Crippen LogP contribution in [-0.4, -0.2) is 28.9 Å². The molecule has 1 fully saturated rings. The maximum absolute atomic E-state index is 11.7. The molecule has 0 aliphatic carbocycles. The van der Waals surface area contributed by atoms with E-state index in [9.17, 15) is 4.79 Å². The minimum absolute atomic E-state index is 0.0144. The Balaban J connectivity index is 2.02. The number of hydrogen-bond donors (Lipinski definition) is 1. The largest absolute Gasteiger partial charge is 0.338 e. The van der Waals surface area contributed by atoms with Gasteiger partial charge < -0.3 is 5.32 Å². The number of fused-ring (bicyclic) bond motifs is 1. The molecule has 0 bridgehead atoms. The summed E-state index contributed by atoms with van der Waals surface area (Å²) in [5.74, 6) is 0. The molecule has 88 valence electrons. The van der Waals surface area contributed by atoms with Crippen molar-refractivity contribution in [2.75, 3.05) is 18.0 Å². The van der Waals surface area contributed by atoms with Crippen molar-refractivity contribution in [3.05, 3.63) is 24.4 Å². The number of nitrogens with zero attached hydrogens (tertiary/aromatic N) is 3. The fraction of sp³-hybridized carbons (Fsp3) is 0.333. The lowest BCUT2D eigenvalue weighted by molar-refractivity contribution is 0.243. The van der Waals surface area contributed by atoms with Crippen LogP contribution in [-0.2, 0) is 7.05 Å². The molecule has 5 heteroatoms. The van der Waals surface area contributed by atoms with E-state index in [4.69, 9.17) is 0 Å². The van der Waals surface area contributed by atoms with E-state index in [1.807, 2.05) is 36.1 Å². The van der Waals surface area contributed by atoms with Crippen LogP contribution in [0.15, 0.2) is 24.4 Å². The summed E-state index contributed by atoms with van der Waals surface area (Å²) in [4.78, 5) is 13.5. The summed E-state index contributed by atoms with van der Waals surface area (Å²) in [6.07, 6.45) is 2.80. The van der Waals surface area contributed by atoms with E-state index >= 15 is 0 Å². The Morgan fingerprint density at radius 2 is 2.29 bits per heavy atom. The first-order chi connectivity index (χ1) is 8.25. The number of rotatable bonds is 1. The fourth-order valence-electron chi connectivity index (χ4n) is 2.19. The molecular formula is C12H14N4O. The molecule has 0 spiro atoms. The summed E-state index contributed by atoms with van der Waals surface area (Å²) in [6.45, 7) is 1.54. The highest BCUT2D eigenvalue weighted by Crippen LogP contribution is 2.22. The molecule has 0 saturated carbocycles. The van der Waals surface area contributed by atoms with Crippen molar-refractivity contribution in [3.63, 3.8) is 0 Å². The number of benzene rings is 1. The Kier molecular flexibility index (Phi) is 2.24. The van der Waals surface area contributed by atoms with Crippen LogP contribution < -0.4 is 10.2 Å². The van der Waals surface area contributed by atoms with Gasteiger partial charge in [0.05, 0.1) is 11.7 Å². The van der Waals surface area contributed by atoms with Crippen molar-refractivity contribution in [3.8, 4) is 0 Å². The standard InChI is InChI=1S/C12H14N4O/c1-15-11-4-3-10(7-9(11)8-14-15)16-6-2-5-13-12(16)17/h3-4,7-8H,2,5-6H2,1H3,(H,13,17). The first-order valence-electron chi connectivity index (χ1n) is 5.73. The van der Waals surface area contributed by atoms with Gasteiger partial charge in [0.25, 0.3) is 0 Å². The summed E-state index contributed by atoms with van der Waals surface area (Å²) in [6, 6.07) is 5.96. The smallest absolute Gasteiger partial charge is 0.321 e.